The molecule has 0 amide bonds. The van der Waals surface area contributed by atoms with E-state index in [4.69, 9.17) is 0 Å². The third-order valence-corrected chi connectivity index (χ3v) is 1.86. The van der Waals surface area contributed by atoms with Gasteiger partial charge in [-0.25, -0.2) is 4.39 Å². The monoisotopic (exact) mass is 213 g/mol. The van der Waals surface area contributed by atoms with Gasteiger partial charge in [0.15, 0.2) is 0 Å². The zero-order chi connectivity index (χ0) is 11.6. The zero-order valence-electron chi connectivity index (χ0n) is 8.53. The molecule has 0 aliphatic heterocycles. The van der Waals surface area contributed by atoms with Gasteiger partial charge in [-0.15, -0.1) is 0 Å². The van der Waals surface area contributed by atoms with Gasteiger partial charge in [-0.2, -0.15) is 0 Å². The van der Waals surface area contributed by atoms with Crippen molar-refractivity contribution >= 4 is 5.69 Å². The first-order valence-corrected chi connectivity index (χ1v) is 4.45. The van der Waals surface area contributed by atoms with Gasteiger partial charge in [0, 0.05) is 18.1 Å². The Balaban J connectivity index is 3.13. The van der Waals surface area contributed by atoms with Crippen LogP contribution in [0.3, 0.4) is 0 Å². The molecule has 4 nitrogen and oxygen atoms in total. The third-order valence-electron chi connectivity index (χ3n) is 1.86. The number of benzene rings is 1. The lowest BCUT2D eigenvalue weighted by atomic mass is 9.97. The molecule has 0 bridgehead atoms. The normalized spacial score (nSPS) is 11.5. The summed E-state index contributed by atoms with van der Waals surface area (Å²) in [6.45, 7) is 3.03. The molecular formula is C10H12FNO3. The summed E-state index contributed by atoms with van der Waals surface area (Å²) in [5.74, 6) is -0.542. The molecule has 0 saturated heterocycles. The minimum atomic E-state index is -1.10. The lowest BCUT2D eigenvalue weighted by Gasteiger charge is -2.16. The molecule has 0 unspecified atom stereocenters. The SMILES string of the molecule is CC(C)(O)Cc1cc(F)ccc1[N+](=O)[O-]. The predicted molar refractivity (Wildman–Crippen MR) is 53.1 cm³/mol. The van der Waals surface area contributed by atoms with Crippen LogP contribution in [0.4, 0.5) is 10.1 Å². The van der Waals surface area contributed by atoms with E-state index in [9.17, 15) is 19.6 Å². The Morgan fingerprint density at radius 2 is 2.13 bits per heavy atom. The van der Waals surface area contributed by atoms with Gasteiger partial charge in [-0.05, 0) is 26.0 Å². The van der Waals surface area contributed by atoms with Crippen LogP contribution in [0.25, 0.3) is 0 Å². The van der Waals surface area contributed by atoms with Gasteiger partial charge in [-0.1, -0.05) is 0 Å². The molecule has 0 fully saturated rings. The highest BCUT2D eigenvalue weighted by molar-refractivity contribution is 5.41. The van der Waals surface area contributed by atoms with Crippen molar-refractivity contribution in [2.75, 3.05) is 0 Å². The fourth-order valence-corrected chi connectivity index (χ4v) is 1.34. The number of hydrogen-bond acceptors (Lipinski definition) is 3. The van der Waals surface area contributed by atoms with Crippen LogP contribution in [0.15, 0.2) is 18.2 Å². The number of hydrogen-bond donors (Lipinski definition) is 1. The van der Waals surface area contributed by atoms with Crippen molar-refractivity contribution in [1.82, 2.24) is 0 Å². The second kappa shape index (κ2) is 3.94. The van der Waals surface area contributed by atoms with E-state index in [1.807, 2.05) is 0 Å². The molecule has 1 rings (SSSR count). The van der Waals surface area contributed by atoms with E-state index < -0.39 is 16.3 Å². The third kappa shape index (κ3) is 3.28. The maximum atomic E-state index is 12.9. The van der Waals surface area contributed by atoms with Gasteiger partial charge in [0.1, 0.15) is 5.82 Å². The average molecular weight is 213 g/mol. The molecular weight excluding hydrogens is 201 g/mol. The fraction of sp³-hybridized carbons (Fsp3) is 0.400. The highest BCUT2D eigenvalue weighted by Crippen LogP contribution is 2.23. The van der Waals surface area contributed by atoms with Crippen LogP contribution in [0.1, 0.15) is 19.4 Å². The minimum absolute atomic E-state index is 0.0427. The predicted octanol–water partition coefficient (Wildman–Crippen LogP) is 2.05. The molecule has 0 atom stereocenters. The Bertz CT molecular complexity index is 385. The van der Waals surface area contributed by atoms with Crippen molar-refractivity contribution < 1.29 is 14.4 Å². The highest BCUT2D eigenvalue weighted by atomic mass is 19.1. The Labute approximate surface area is 86.5 Å². The van der Waals surface area contributed by atoms with Gasteiger partial charge >= 0.3 is 0 Å². The van der Waals surface area contributed by atoms with Crippen LogP contribution in [0.2, 0.25) is 0 Å². The van der Waals surface area contributed by atoms with E-state index >= 15 is 0 Å². The smallest absolute Gasteiger partial charge is 0.272 e. The molecule has 0 heterocycles. The van der Waals surface area contributed by atoms with E-state index in [2.05, 4.69) is 0 Å². The first-order chi connectivity index (χ1) is 6.79. The summed E-state index contributed by atoms with van der Waals surface area (Å²) in [6.07, 6.45) is 0.0427. The lowest BCUT2D eigenvalue weighted by Crippen LogP contribution is -2.22. The summed E-state index contributed by atoms with van der Waals surface area (Å²) < 4.78 is 12.9. The number of nitro benzene ring substituents is 1. The van der Waals surface area contributed by atoms with E-state index in [-0.39, 0.29) is 17.7 Å². The summed E-state index contributed by atoms with van der Waals surface area (Å²) >= 11 is 0. The number of nitro groups is 1. The molecule has 1 aromatic rings. The minimum Gasteiger partial charge on any atom is -0.390 e. The molecule has 0 radical (unpaired) electrons. The Hall–Kier alpha value is -1.49. The first kappa shape index (κ1) is 11.6. The van der Waals surface area contributed by atoms with Gasteiger partial charge in [0.2, 0.25) is 0 Å². The van der Waals surface area contributed by atoms with E-state index in [0.717, 1.165) is 18.2 Å². The Kier molecular flexibility index (Phi) is 3.04. The lowest BCUT2D eigenvalue weighted by molar-refractivity contribution is -0.385. The maximum absolute atomic E-state index is 12.9. The summed E-state index contributed by atoms with van der Waals surface area (Å²) in [7, 11) is 0. The van der Waals surface area contributed by atoms with Crippen molar-refractivity contribution in [3.8, 4) is 0 Å². The highest BCUT2D eigenvalue weighted by Gasteiger charge is 2.21. The van der Waals surface area contributed by atoms with E-state index in [0.29, 0.717) is 0 Å². The summed E-state index contributed by atoms with van der Waals surface area (Å²) in [6, 6.07) is 3.22. The van der Waals surface area contributed by atoms with Crippen molar-refractivity contribution in [2.24, 2.45) is 0 Å². The number of rotatable bonds is 3. The standard InChI is InChI=1S/C10H12FNO3/c1-10(2,13)6-7-5-8(11)3-4-9(7)12(14)15/h3-5,13H,6H2,1-2H3. The van der Waals surface area contributed by atoms with E-state index in [1.54, 1.807) is 0 Å². The molecule has 0 saturated carbocycles. The zero-order valence-corrected chi connectivity index (χ0v) is 8.53. The quantitative estimate of drug-likeness (QED) is 0.617. The van der Waals surface area contributed by atoms with Gasteiger partial charge in [-0.3, -0.25) is 10.1 Å². The Morgan fingerprint density at radius 1 is 1.53 bits per heavy atom. The maximum Gasteiger partial charge on any atom is 0.272 e. The van der Waals surface area contributed by atoms with Crippen LogP contribution >= 0.6 is 0 Å². The van der Waals surface area contributed by atoms with Crippen molar-refractivity contribution in [1.29, 1.82) is 0 Å². The summed E-state index contributed by atoms with van der Waals surface area (Å²) in [4.78, 5) is 10.0. The van der Waals surface area contributed by atoms with Gasteiger partial charge < -0.3 is 5.11 Å². The van der Waals surface area contributed by atoms with Crippen LogP contribution in [0.5, 0.6) is 0 Å². The van der Waals surface area contributed by atoms with Crippen LogP contribution < -0.4 is 0 Å². The van der Waals surface area contributed by atoms with Gasteiger partial charge in [0.05, 0.1) is 10.5 Å². The van der Waals surface area contributed by atoms with Crippen LogP contribution in [-0.4, -0.2) is 15.6 Å². The molecule has 82 valence electrons. The summed E-state index contributed by atoms with van der Waals surface area (Å²) in [5, 5.41) is 20.1. The largest absolute Gasteiger partial charge is 0.390 e. The molecule has 0 spiro atoms. The fourth-order valence-electron chi connectivity index (χ4n) is 1.34. The molecule has 1 aromatic carbocycles. The number of nitrogens with zero attached hydrogens (tertiary/aromatic N) is 1. The molecule has 15 heavy (non-hydrogen) atoms. The number of halogens is 1. The molecule has 0 aliphatic rings. The van der Waals surface area contributed by atoms with Crippen molar-refractivity contribution in [3.63, 3.8) is 0 Å². The molecule has 0 aliphatic carbocycles. The Morgan fingerprint density at radius 3 is 2.60 bits per heavy atom. The summed E-state index contributed by atoms with van der Waals surface area (Å²) in [5.41, 5.74) is -1.07. The van der Waals surface area contributed by atoms with Crippen LogP contribution in [0, 0.1) is 15.9 Å². The van der Waals surface area contributed by atoms with Crippen molar-refractivity contribution in [3.05, 3.63) is 39.7 Å². The number of aliphatic hydroxyl groups is 1. The second-order valence-corrected chi connectivity index (χ2v) is 4.02. The first-order valence-electron chi connectivity index (χ1n) is 4.45. The topological polar surface area (TPSA) is 63.4 Å². The van der Waals surface area contributed by atoms with E-state index in [1.165, 1.54) is 13.8 Å². The molecule has 0 aromatic heterocycles. The van der Waals surface area contributed by atoms with Crippen LogP contribution in [-0.2, 0) is 6.42 Å². The van der Waals surface area contributed by atoms with Crippen molar-refractivity contribution in [2.45, 2.75) is 25.9 Å². The van der Waals surface area contributed by atoms with Gasteiger partial charge in [0.25, 0.3) is 5.69 Å². The second-order valence-electron chi connectivity index (χ2n) is 4.02. The average Bonchev–Trinajstić information content (AvgIpc) is 1.99. The molecule has 5 heteroatoms. The molecule has 1 N–H and O–H groups in total.